The number of carbonyl (C=O) groups excluding carboxylic acids is 1. The van der Waals surface area contributed by atoms with E-state index in [1.807, 2.05) is 19.1 Å². The normalized spacial score (nSPS) is 11.4. The summed E-state index contributed by atoms with van der Waals surface area (Å²) in [5, 5.41) is 2.77. The van der Waals surface area contributed by atoms with Gasteiger partial charge in [-0.1, -0.05) is 15.9 Å². The monoisotopic (exact) mass is 469 g/mol. The molecule has 0 atom stereocenters. The summed E-state index contributed by atoms with van der Waals surface area (Å²) in [4.78, 5) is 24.4. The van der Waals surface area contributed by atoms with E-state index in [9.17, 15) is 4.79 Å². The van der Waals surface area contributed by atoms with E-state index in [2.05, 4.69) is 52.1 Å². The fourth-order valence-electron chi connectivity index (χ4n) is 1.88. The average molecular weight is 471 g/mol. The van der Waals surface area contributed by atoms with Crippen LogP contribution in [-0.2, 0) is 11.3 Å². The Labute approximate surface area is 162 Å². The van der Waals surface area contributed by atoms with Gasteiger partial charge in [-0.15, -0.1) is 0 Å². The van der Waals surface area contributed by atoms with Crippen LogP contribution in [0.25, 0.3) is 0 Å². The second-order valence-corrected chi connectivity index (χ2v) is 6.80. The van der Waals surface area contributed by atoms with E-state index in [1.165, 1.54) is 12.4 Å². The zero-order chi connectivity index (χ0) is 18.2. The maximum absolute atomic E-state index is 12.2. The topological polar surface area (TPSA) is 102 Å². The first kappa shape index (κ1) is 19.5. The first-order chi connectivity index (χ1) is 12.0. The van der Waals surface area contributed by atoms with Crippen molar-refractivity contribution < 1.29 is 9.53 Å². The van der Waals surface area contributed by atoms with Gasteiger partial charge in [-0.2, -0.15) is 0 Å². The maximum atomic E-state index is 12.2. The Morgan fingerprint density at radius 2 is 1.96 bits per heavy atom. The number of rotatable bonds is 7. The molecule has 0 bridgehead atoms. The average Bonchev–Trinajstić information content (AvgIpc) is 2.58. The van der Waals surface area contributed by atoms with Gasteiger partial charge in [0.1, 0.15) is 12.4 Å². The zero-order valence-electron chi connectivity index (χ0n) is 13.5. The van der Waals surface area contributed by atoms with Crippen molar-refractivity contribution in [2.24, 2.45) is 10.7 Å². The predicted octanol–water partition coefficient (Wildman–Crippen LogP) is 3.15. The first-order valence-electron chi connectivity index (χ1n) is 7.43. The van der Waals surface area contributed by atoms with Crippen LogP contribution in [0.5, 0.6) is 0 Å². The minimum atomic E-state index is -0.393. The lowest BCUT2D eigenvalue weighted by Gasteiger charge is -2.08. The molecule has 0 radical (unpaired) electrons. The summed E-state index contributed by atoms with van der Waals surface area (Å²) in [6, 6.07) is 5.51. The lowest BCUT2D eigenvalue weighted by atomic mass is 10.2. The van der Waals surface area contributed by atoms with Gasteiger partial charge in [-0.25, -0.2) is 9.97 Å². The molecule has 0 spiro atoms. The number of halogens is 2. The van der Waals surface area contributed by atoms with Gasteiger partial charge in [0.05, 0.1) is 11.0 Å². The van der Waals surface area contributed by atoms with E-state index in [-0.39, 0.29) is 5.82 Å². The van der Waals surface area contributed by atoms with Crippen molar-refractivity contribution in [1.82, 2.24) is 9.97 Å². The number of nitrogens with two attached hydrogens (primary N) is 1. The fourth-order valence-corrected chi connectivity index (χ4v) is 2.62. The highest BCUT2D eigenvalue weighted by atomic mass is 79.9. The van der Waals surface area contributed by atoms with Crippen molar-refractivity contribution in [2.45, 2.75) is 13.5 Å². The molecule has 132 valence electrons. The number of nitrogens with one attached hydrogen (secondary N) is 1. The summed E-state index contributed by atoms with van der Waals surface area (Å²) in [6.45, 7) is 3.16. The summed E-state index contributed by atoms with van der Waals surface area (Å²) < 4.78 is 6.72. The van der Waals surface area contributed by atoms with Crippen molar-refractivity contribution in [3.05, 3.63) is 50.9 Å². The number of amidine groups is 1. The second kappa shape index (κ2) is 9.59. The standard InChI is InChI=1S/C16H17Br2N5O2/c1-2-25-9-14(19)20-6-10-3-11(17)5-13(4-10)23-16(24)15-21-7-12(18)8-22-15/h3-5,7-8H,2,6,9H2,1H3,(H2,19,20)(H,23,24). The third-order valence-corrected chi connectivity index (χ3v) is 3.82. The van der Waals surface area contributed by atoms with Crippen molar-refractivity contribution in [1.29, 1.82) is 0 Å². The summed E-state index contributed by atoms with van der Waals surface area (Å²) in [5.74, 6) is 0.121. The van der Waals surface area contributed by atoms with Crippen LogP contribution in [0.15, 0.2) is 44.5 Å². The zero-order valence-corrected chi connectivity index (χ0v) is 16.7. The molecule has 1 aromatic heterocycles. The van der Waals surface area contributed by atoms with Crippen LogP contribution in [-0.4, -0.2) is 34.9 Å². The number of ether oxygens (including phenoxy) is 1. The number of carbonyl (C=O) groups is 1. The van der Waals surface area contributed by atoms with E-state index in [0.29, 0.717) is 35.8 Å². The van der Waals surface area contributed by atoms with Crippen molar-refractivity contribution >= 4 is 49.3 Å². The fraction of sp³-hybridized carbons (Fsp3) is 0.250. The molecule has 0 saturated heterocycles. The van der Waals surface area contributed by atoms with E-state index < -0.39 is 5.91 Å². The van der Waals surface area contributed by atoms with E-state index >= 15 is 0 Å². The molecule has 0 fully saturated rings. The SMILES string of the molecule is CCOC/C(N)=N\Cc1cc(Br)cc(NC(=O)c2ncc(Br)cn2)c1. The number of aliphatic imine (C=N–C) groups is 1. The molecular weight excluding hydrogens is 454 g/mol. The largest absolute Gasteiger partial charge is 0.386 e. The summed E-state index contributed by atoms with van der Waals surface area (Å²) in [5.41, 5.74) is 7.28. The molecular formula is C16H17Br2N5O2. The molecule has 7 nitrogen and oxygen atoms in total. The minimum Gasteiger partial charge on any atom is -0.386 e. The summed E-state index contributed by atoms with van der Waals surface area (Å²) in [6.07, 6.45) is 3.04. The van der Waals surface area contributed by atoms with E-state index in [0.717, 1.165) is 10.0 Å². The number of hydrogen-bond acceptors (Lipinski definition) is 5. The molecule has 0 aliphatic rings. The molecule has 3 N–H and O–H groups in total. The molecule has 0 aliphatic heterocycles. The molecule has 0 saturated carbocycles. The Kier molecular flexibility index (Phi) is 7.48. The maximum Gasteiger partial charge on any atom is 0.293 e. The van der Waals surface area contributed by atoms with Crippen LogP contribution in [0.3, 0.4) is 0 Å². The molecule has 1 heterocycles. The lowest BCUT2D eigenvalue weighted by Crippen LogP contribution is -2.19. The number of benzene rings is 1. The molecule has 2 aromatic rings. The lowest BCUT2D eigenvalue weighted by molar-refractivity contribution is 0.101. The molecule has 2 rings (SSSR count). The summed E-state index contributed by atoms with van der Waals surface area (Å²) in [7, 11) is 0. The van der Waals surface area contributed by atoms with Crippen molar-refractivity contribution in [3.63, 3.8) is 0 Å². The van der Waals surface area contributed by atoms with Crippen molar-refractivity contribution in [3.8, 4) is 0 Å². The molecule has 25 heavy (non-hydrogen) atoms. The van der Waals surface area contributed by atoms with Gasteiger partial charge in [0.25, 0.3) is 5.91 Å². The van der Waals surface area contributed by atoms with Gasteiger partial charge < -0.3 is 15.8 Å². The number of amides is 1. The smallest absolute Gasteiger partial charge is 0.293 e. The quantitative estimate of drug-likeness (QED) is 0.478. The van der Waals surface area contributed by atoms with Crippen molar-refractivity contribution in [2.75, 3.05) is 18.5 Å². The van der Waals surface area contributed by atoms with Crippen LogP contribution in [0.4, 0.5) is 5.69 Å². The number of anilines is 1. The van der Waals surface area contributed by atoms with Gasteiger partial charge in [0.2, 0.25) is 5.82 Å². The molecule has 1 amide bonds. The Bertz CT molecular complexity index is 766. The Balaban J connectivity index is 2.07. The van der Waals surface area contributed by atoms with Gasteiger partial charge in [0, 0.05) is 29.2 Å². The molecule has 9 heteroatoms. The second-order valence-electron chi connectivity index (χ2n) is 4.97. The van der Waals surface area contributed by atoms with Crippen LogP contribution in [0.2, 0.25) is 0 Å². The highest BCUT2D eigenvalue weighted by Gasteiger charge is 2.10. The highest BCUT2D eigenvalue weighted by molar-refractivity contribution is 9.10. The van der Waals surface area contributed by atoms with Crippen LogP contribution < -0.4 is 11.1 Å². The molecule has 1 aromatic carbocycles. The number of nitrogens with zero attached hydrogens (tertiary/aromatic N) is 3. The number of aromatic nitrogens is 2. The third-order valence-electron chi connectivity index (χ3n) is 2.96. The van der Waals surface area contributed by atoms with Gasteiger partial charge in [-0.3, -0.25) is 9.79 Å². The Hall–Kier alpha value is -1.84. The summed E-state index contributed by atoms with van der Waals surface area (Å²) >= 11 is 6.66. The highest BCUT2D eigenvalue weighted by Crippen LogP contribution is 2.21. The molecule has 0 aliphatic carbocycles. The van der Waals surface area contributed by atoms with Crippen LogP contribution >= 0.6 is 31.9 Å². The van der Waals surface area contributed by atoms with E-state index in [1.54, 1.807) is 6.07 Å². The molecule has 0 unspecified atom stereocenters. The third kappa shape index (κ3) is 6.52. The van der Waals surface area contributed by atoms with Crippen LogP contribution in [0, 0.1) is 0 Å². The number of hydrogen-bond donors (Lipinski definition) is 2. The van der Waals surface area contributed by atoms with Gasteiger partial charge >= 0.3 is 0 Å². The van der Waals surface area contributed by atoms with E-state index in [4.69, 9.17) is 10.5 Å². The van der Waals surface area contributed by atoms with Crippen LogP contribution in [0.1, 0.15) is 23.1 Å². The van der Waals surface area contributed by atoms with Gasteiger partial charge in [0.15, 0.2) is 0 Å². The Morgan fingerprint density at radius 3 is 2.64 bits per heavy atom. The minimum absolute atomic E-state index is 0.0868. The Morgan fingerprint density at radius 1 is 1.24 bits per heavy atom. The first-order valence-corrected chi connectivity index (χ1v) is 9.01. The predicted molar refractivity (Wildman–Crippen MR) is 104 cm³/mol. The van der Waals surface area contributed by atoms with Gasteiger partial charge in [-0.05, 0) is 46.6 Å².